The van der Waals surface area contributed by atoms with E-state index in [1.54, 1.807) is 29.4 Å². The third-order valence-corrected chi connectivity index (χ3v) is 5.87. The lowest BCUT2D eigenvalue weighted by Crippen LogP contribution is -2.38. The van der Waals surface area contributed by atoms with Gasteiger partial charge in [-0.15, -0.1) is 0 Å². The van der Waals surface area contributed by atoms with Crippen LogP contribution in [-0.2, 0) is 22.9 Å². The van der Waals surface area contributed by atoms with E-state index in [4.69, 9.17) is 11.6 Å². The molecule has 0 unspecified atom stereocenters. The molecule has 136 valence electrons. The molecule has 1 aliphatic carbocycles. The van der Waals surface area contributed by atoms with Gasteiger partial charge >= 0.3 is 0 Å². The largest absolute Gasteiger partial charge is 0.306 e. The maximum Gasteiger partial charge on any atom is 0.258 e. The van der Waals surface area contributed by atoms with Crippen molar-refractivity contribution in [1.29, 1.82) is 0 Å². The van der Waals surface area contributed by atoms with Crippen molar-refractivity contribution < 1.29 is 13.2 Å². The van der Waals surface area contributed by atoms with Crippen molar-refractivity contribution in [2.24, 2.45) is 0 Å². The first-order chi connectivity index (χ1) is 12.3. The maximum atomic E-state index is 13.0. The van der Waals surface area contributed by atoms with Crippen molar-refractivity contribution in [2.45, 2.75) is 25.3 Å². The summed E-state index contributed by atoms with van der Waals surface area (Å²) in [7, 11) is -3.31. The van der Waals surface area contributed by atoms with E-state index in [0.717, 1.165) is 35.1 Å². The second kappa shape index (κ2) is 6.33. The van der Waals surface area contributed by atoms with Crippen molar-refractivity contribution in [3.8, 4) is 0 Å². The molecule has 8 heteroatoms. The number of carbonyl (C=O) groups is 1. The van der Waals surface area contributed by atoms with Gasteiger partial charge in [-0.1, -0.05) is 11.6 Å². The Hall–Kier alpha value is -1.96. The van der Waals surface area contributed by atoms with Crippen LogP contribution in [0.15, 0.2) is 30.6 Å². The number of nitrogens with one attached hydrogen (secondary N) is 1. The molecule has 0 fully saturated rings. The van der Waals surface area contributed by atoms with Crippen molar-refractivity contribution in [3.05, 3.63) is 57.9 Å². The standard InChI is InChI=1S/C18H18ClN3O3S/c1-26(24,25)21-16-5-4-14-15(16)9-20-10-17(14)22-7-6-11-8-12(19)2-3-13(11)18(22)23/h2-3,8-10,16,21H,4-7H2,1H3/t16-/m1/s1. The van der Waals surface area contributed by atoms with Gasteiger partial charge in [-0.3, -0.25) is 9.78 Å². The van der Waals surface area contributed by atoms with Gasteiger partial charge in [0.25, 0.3) is 5.91 Å². The zero-order valence-corrected chi connectivity index (χ0v) is 15.8. The molecule has 2 aliphatic rings. The molecular weight excluding hydrogens is 374 g/mol. The van der Waals surface area contributed by atoms with E-state index in [1.165, 1.54) is 0 Å². The lowest BCUT2D eigenvalue weighted by Gasteiger charge is -2.30. The van der Waals surface area contributed by atoms with E-state index < -0.39 is 10.0 Å². The summed E-state index contributed by atoms with van der Waals surface area (Å²) in [6, 6.07) is 5.03. The molecule has 0 spiro atoms. The van der Waals surface area contributed by atoms with Gasteiger partial charge in [-0.2, -0.15) is 0 Å². The first-order valence-corrected chi connectivity index (χ1v) is 10.6. The molecule has 1 atom stereocenters. The molecule has 0 saturated heterocycles. The number of rotatable bonds is 3. The minimum Gasteiger partial charge on any atom is -0.306 e. The van der Waals surface area contributed by atoms with Crippen LogP contribution in [0, 0.1) is 0 Å². The lowest BCUT2D eigenvalue weighted by atomic mass is 9.98. The van der Waals surface area contributed by atoms with Gasteiger partial charge in [0.05, 0.1) is 18.1 Å². The van der Waals surface area contributed by atoms with Gasteiger partial charge in [-0.25, -0.2) is 13.1 Å². The zero-order valence-electron chi connectivity index (χ0n) is 14.2. The number of halogens is 1. The van der Waals surface area contributed by atoms with Gasteiger partial charge < -0.3 is 4.90 Å². The molecule has 1 aromatic heterocycles. The van der Waals surface area contributed by atoms with Gasteiger partial charge in [-0.05, 0) is 54.2 Å². The summed E-state index contributed by atoms with van der Waals surface area (Å²) in [5, 5.41) is 0.627. The van der Waals surface area contributed by atoms with E-state index in [9.17, 15) is 13.2 Å². The lowest BCUT2D eigenvalue weighted by molar-refractivity contribution is 0.0980. The summed E-state index contributed by atoms with van der Waals surface area (Å²) >= 11 is 6.03. The summed E-state index contributed by atoms with van der Waals surface area (Å²) in [4.78, 5) is 19.0. The van der Waals surface area contributed by atoms with Crippen LogP contribution in [0.2, 0.25) is 5.02 Å². The van der Waals surface area contributed by atoms with Gasteiger partial charge in [0.2, 0.25) is 10.0 Å². The highest BCUT2D eigenvalue weighted by Gasteiger charge is 2.32. The molecule has 4 rings (SSSR count). The highest BCUT2D eigenvalue weighted by atomic mass is 35.5. The molecule has 0 saturated carbocycles. The van der Waals surface area contributed by atoms with E-state index in [1.807, 2.05) is 6.07 Å². The van der Waals surface area contributed by atoms with E-state index in [2.05, 4.69) is 9.71 Å². The van der Waals surface area contributed by atoms with Crippen LogP contribution in [-0.4, -0.2) is 32.1 Å². The highest BCUT2D eigenvalue weighted by molar-refractivity contribution is 7.88. The molecule has 1 aromatic carbocycles. The van der Waals surface area contributed by atoms with E-state index in [-0.39, 0.29) is 11.9 Å². The fraction of sp³-hybridized carbons (Fsp3) is 0.333. The number of fused-ring (bicyclic) bond motifs is 2. The summed E-state index contributed by atoms with van der Waals surface area (Å²) < 4.78 is 25.8. The van der Waals surface area contributed by atoms with Crippen molar-refractivity contribution >= 4 is 33.2 Å². The molecule has 2 aromatic rings. The topological polar surface area (TPSA) is 79.4 Å². The number of nitrogens with zero attached hydrogens (tertiary/aromatic N) is 2. The second-order valence-electron chi connectivity index (χ2n) is 6.72. The molecule has 6 nitrogen and oxygen atoms in total. The number of hydrogen-bond donors (Lipinski definition) is 1. The van der Waals surface area contributed by atoms with Crippen LogP contribution in [0.25, 0.3) is 0 Å². The van der Waals surface area contributed by atoms with Crippen molar-refractivity contribution in [3.63, 3.8) is 0 Å². The molecule has 0 bridgehead atoms. The fourth-order valence-corrected chi connectivity index (χ4v) is 4.77. The third kappa shape index (κ3) is 3.11. The predicted molar refractivity (Wildman–Crippen MR) is 100 cm³/mol. The van der Waals surface area contributed by atoms with Gasteiger partial charge in [0.15, 0.2) is 0 Å². The molecule has 0 radical (unpaired) electrons. The first kappa shape index (κ1) is 17.5. The summed E-state index contributed by atoms with van der Waals surface area (Å²) in [6.07, 6.45) is 6.62. The number of hydrogen-bond acceptors (Lipinski definition) is 4. The Balaban J connectivity index is 1.70. The normalized spacial score (nSPS) is 19.4. The van der Waals surface area contributed by atoms with Crippen LogP contribution in [0.4, 0.5) is 5.69 Å². The van der Waals surface area contributed by atoms with Crippen molar-refractivity contribution in [1.82, 2.24) is 9.71 Å². The number of pyridine rings is 1. The van der Waals surface area contributed by atoms with Crippen LogP contribution in [0.1, 0.15) is 39.5 Å². The number of carbonyl (C=O) groups excluding carboxylic acids is 1. The summed E-state index contributed by atoms with van der Waals surface area (Å²) in [5.74, 6) is -0.0716. The first-order valence-electron chi connectivity index (χ1n) is 8.38. The van der Waals surface area contributed by atoms with Crippen LogP contribution < -0.4 is 9.62 Å². The average Bonchev–Trinajstić information content (AvgIpc) is 2.96. The van der Waals surface area contributed by atoms with Gasteiger partial charge in [0.1, 0.15) is 0 Å². The number of sulfonamides is 1. The Bertz CT molecular complexity index is 1010. The monoisotopic (exact) mass is 391 g/mol. The number of anilines is 1. The average molecular weight is 392 g/mol. The summed E-state index contributed by atoms with van der Waals surface area (Å²) in [5.41, 5.74) is 4.22. The fourth-order valence-electron chi connectivity index (χ4n) is 3.81. The SMILES string of the molecule is CS(=O)(=O)N[C@@H]1CCc2c1cncc2N1CCc2cc(Cl)ccc2C1=O. The molecule has 1 amide bonds. The molecular formula is C18H18ClN3O3S. The predicted octanol–water partition coefficient (Wildman–Crippen LogP) is 2.47. The quantitative estimate of drug-likeness (QED) is 0.871. The Morgan fingerprint density at radius 2 is 2.08 bits per heavy atom. The van der Waals surface area contributed by atoms with Gasteiger partial charge in [0, 0.05) is 29.4 Å². The minimum atomic E-state index is -3.31. The molecule has 1 N–H and O–H groups in total. The smallest absolute Gasteiger partial charge is 0.258 e. The molecule has 26 heavy (non-hydrogen) atoms. The molecule has 1 aliphatic heterocycles. The number of aromatic nitrogens is 1. The number of amides is 1. The highest BCUT2D eigenvalue weighted by Crippen LogP contribution is 2.38. The Morgan fingerprint density at radius 3 is 2.85 bits per heavy atom. The van der Waals surface area contributed by atoms with E-state index >= 15 is 0 Å². The van der Waals surface area contributed by atoms with Crippen molar-refractivity contribution in [2.75, 3.05) is 17.7 Å². The zero-order chi connectivity index (χ0) is 18.5. The summed E-state index contributed by atoms with van der Waals surface area (Å²) in [6.45, 7) is 0.550. The minimum absolute atomic E-state index is 0.0716. The number of benzene rings is 1. The van der Waals surface area contributed by atoms with Crippen LogP contribution in [0.3, 0.4) is 0 Å². The Labute approximate surface area is 157 Å². The van der Waals surface area contributed by atoms with Crippen LogP contribution >= 0.6 is 11.6 Å². The van der Waals surface area contributed by atoms with Crippen LogP contribution in [0.5, 0.6) is 0 Å². The second-order valence-corrected chi connectivity index (χ2v) is 8.93. The Morgan fingerprint density at radius 1 is 1.27 bits per heavy atom. The third-order valence-electron chi connectivity index (χ3n) is 4.92. The molecule has 2 heterocycles. The maximum absolute atomic E-state index is 13.0. The van der Waals surface area contributed by atoms with E-state index in [0.29, 0.717) is 30.0 Å². The Kier molecular flexibility index (Phi) is 4.25.